The van der Waals surface area contributed by atoms with Gasteiger partial charge >= 0.3 is 0 Å². The van der Waals surface area contributed by atoms with Crippen molar-refractivity contribution >= 4 is 10.9 Å². The maximum Gasteiger partial charge on any atom is 0.0489 e. The van der Waals surface area contributed by atoms with Crippen LogP contribution < -0.4 is 11.5 Å². The molecular weight excluding hydrogens is 186 g/mol. The van der Waals surface area contributed by atoms with Gasteiger partial charge in [0.1, 0.15) is 0 Å². The Kier molecular flexibility index (Phi) is 2.75. The molecule has 1 aromatic carbocycles. The zero-order valence-electron chi connectivity index (χ0n) is 8.96. The van der Waals surface area contributed by atoms with Gasteiger partial charge in [0.2, 0.25) is 0 Å². The number of aromatic nitrogens is 1. The lowest BCUT2D eigenvalue weighted by Crippen LogP contribution is -2.20. The molecule has 0 aliphatic rings. The number of benzene rings is 1. The van der Waals surface area contributed by atoms with Crippen molar-refractivity contribution in [2.45, 2.75) is 19.4 Å². The number of aryl methyl sites for hydroxylation is 1. The Morgan fingerprint density at radius 3 is 2.87 bits per heavy atom. The van der Waals surface area contributed by atoms with Gasteiger partial charge in [0.15, 0.2) is 0 Å². The molecular formula is C12H17N3. The minimum atomic E-state index is -0.0779. The molecule has 3 heteroatoms. The van der Waals surface area contributed by atoms with Gasteiger partial charge in [-0.2, -0.15) is 0 Å². The normalized spacial score (nSPS) is 13.3. The highest BCUT2D eigenvalue weighted by molar-refractivity contribution is 5.86. The Labute approximate surface area is 89.5 Å². The highest BCUT2D eigenvalue weighted by Crippen LogP contribution is 2.25. The van der Waals surface area contributed by atoms with E-state index >= 15 is 0 Å². The second-order valence-electron chi connectivity index (χ2n) is 3.78. The van der Waals surface area contributed by atoms with E-state index in [4.69, 9.17) is 11.5 Å². The van der Waals surface area contributed by atoms with Crippen LogP contribution in [0.2, 0.25) is 0 Å². The Bertz CT molecular complexity index is 459. The van der Waals surface area contributed by atoms with Gasteiger partial charge in [-0.3, -0.25) is 0 Å². The third-order valence-corrected chi connectivity index (χ3v) is 2.87. The van der Waals surface area contributed by atoms with Gasteiger partial charge in [0.05, 0.1) is 0 Å². The molecule has 0 fully saturated rings. The Morgan fingerprint density at radius 2 is 2.20 bits per heavy atom. The quantitative estimate of drug-likeness (QED) is 0.710. The van der Waals surface area contributed by atoms with E-state index in [2.05, 4.69) is 30.1 Å². The predicted octanol–water partition coefficient (Wildman–Crippen LogP) is 1.69. The van der Waals surface area contributed by atoms with Crippen LogP contribution in [0.15, 0.2) is 24.4 Å². The van der Waals surface area contributed by atoms with Gasteiger partial charge in [-0.15, -0.1) is 0 Å². The van der Waals surface area contributed by atoms with E-state index in [-0.39, 0.29) is 6.04 Å². The number of hydrogen-bond donors (Lipinski definition) is 3. The summed E-state index contributed by atoms with van der Waals surface area (Å²) >= 11 is 0. The van der Waals surface area contributed by atoms with Crippen LogP contribution in [0.1, 0.15) is 24.1 Å². The summed E-state index contributed by atoms with van der Waals surface area (Å²) in [6.07, 6.45) is 3.00. The summed E-state index contributed by atoms with van der Waals surface area (Å²) in [6, 6.07) is 6.22. The first-order chi connectivity index (χ1) is 7.27. The van der Waals surface area contributed by atoms with Crippen molar-refractivity contribution in [1.29, 1.82) is 0 Å². The van der Waals surface area contributed by atoms with Crippen molar-refractivity contribution in [3.8, 4) is 0 Å². The van der Waals surface area contributed by atoms with Crippen LogP contribution in [0.4, 0.5) is 0 Å². The minimum Gasteiger partial charge on any atom is -0.361 e. The van der Waals surface area contributed by atoms with Crippen LogP contribution in [0.3, 0.4) is 0 Å². The Hall–Kier alpha value is -1.32. The number of rotatable bonds is 3. The van der Waals surface area contributed by atoms with Crippen molar-refractivity contribution in [2.75, 3.05) is 6.54 Å². The summed E-state index contributed by atoms with van der Waals surface area (Å²) in [6.45, 7) is 2.63. The van der Waals surface area contributed by atoms with E-state index in [0.29, 0.717) is 6.54 Å². The van der Waals surface area contributed by atoms with Crippen molar-refractivity contribution in [3.05, 3.63) is 35.5 Å². The molecule has 80 valence electrons. The molecule has 0 aliphatic heterocycles. The van der Waals surface area contributed by atoms with Crippen molar-refractivity contribution < 1.29 is 0 Å². The fourth-order valence-electron chi connectivity index (χ4n) is 1.97. The lowest BCUT2D eigenvalue weighted by atomic mass is 10.0. The van der Waals surface area contributed by atoms with Gasteiger partial charge in [0.25, 0.3) is 0 Å². The van der Waals surface area contributed by atoms with E-state index in [1.807, 2.05) is 6.20 Å². The van der Waals surface area contributed by atoms with Crippen LogP contribution in [0.5, 0.6) is 0 Å². The molecule has 15 heavy (non-hydrogen) atoms. The number of nitrogens with two attached hydrogens (primary N) is 2. The van der Waals surface area contributed by atoms with E-state index in [0.717, 1.165) is 12.0 Å². The maximum absolute atomic E-state index is 5.95. The average molecular weight is 203 g/mol. The third kappa shape index (κ3) is 1.64. The molecule has 1 heterocycles. The predicted molar refractivity (Wildman–Crippen MR) is 63.7 cm³/mol. The van der Waals surface area contributed by atoms with Crippen LogP contribution in [0, 0.1) is 0 Å². The molecule has 0 aliphatic carbocycles. The lowest BCUT2D eigenvalue weighted by Gasteiger charge is -2.07. The molecule has 0 spiro atoms. The van der Waals surface area contributed by atoms with Gasteiger partial charge in [-0.05, 0) is 17.5 Å². The molecule has 2 aromatic rings. The van der Waals surface area contributed by atoms with Crippen molar-refractivity contribution in [2.24, 2.45) is 11.5 Å². The highest BCUT2D eigenvalue weighted by atomic mass is 14.8. The van der Waals surface area contributed by atoms with Crippen LogP contribution in [0.25, 0.3) is 10.9 Å². The minimum absolute atomic E-state index is 0.0779. The van der Waals surface area contributed by atoms with Gasteiger partial charge < -0.3 is 16.5 Å². The molecule has 5 N–H and O–H groups in total. The van der Waals surface area contributed by atoms with Gasteiger partial charge in [-0.1, -0.05) is 25.1 Å². The number of fused-ring (bicyclic) bond motifs is 1. The van der Waals surface area contributed by atoms with Crippen molar-refractivity contribution in [1.82, 2.24) is 4.98 Å². The molecule has 0 saturated heterocycles. The lowest BCUT2D eigenvalue weighted by molar-refractivity contribution is 0.743. The summed E-state index contributed by atoms with van der Waals surface area (Å²) in [5.41, 5.74) is 15.2. The third-order valence-electron chi connectivity index (χ3n) is 2.87. The number of hydrogen-bond acceptors (Lipinski definition) is 2. The molecule has 2 rings (SSSR count). The summed E-state index contributed by atoms with van der Waals surface area (Å²) in [7, 11) is 0. The maximum atomic E-state index is 5.95. The van der Waals surface area contributed by atoms with E-state index in [9.17, 15) is 0 Å². The standard InChI is InChI=1S/C12H17N3/c1-2-8-4-3-5-9-10(11(14)6-13)7-15-12(8)9/h3-5,7,11,15H,2,6,13-14H2,1H3/t11-/m0/s1. The number of H-pyrrole nitrogens is 1. The summed E-state index contributed by atoms with van der Waals surface area (Å²) < 4.78 is 0. The van der Waals surface area contributed by atoms with Gasteiger partial charge in [0, 0.05) is 29.7 Å². The molecule has 0 unspecified atom stereocenters. The first kappa shape index (κ1) is 10.2. The molecule has 0 saturated carbocycles. The van der Waals surface area contributed by atoms with Crippen LogP contribution in [-0.2, 0) is 6.42 Å². The van der Waals surface area contributed by atoms with E-state index in [1.165, 1.54) is 16.5 Å². The smallest absolute Gasteiger partial charge is 0.0489 e. The second kappa shape index (κ2) is 4.04. The second-order valence-corrected chi connectivity index (χ2v) is 3.78. The monoisotopic (exact) mass is 203 g/mol. The molecule has 0 bridgehead atoms. The number of aromatic amines is 1. The topological polar surface area (TPSA) is 67.8 Å². The molecule has 0 radical (unpaired) electrons. The zero-order chi connectivity index (χ0) is 10.8. The molecule has 0 amide bonds. The first-order valence-corrected chi connectivity index (χ1v) is 5.32. The fraction of sp³-hybridized carbons (Fsp3) is 0.333. The molecule has 1 aromatic heterocycles. The first-order valence-electron chi connectivity index (χ1n) is 5.32. The summed E-state index contributed by atoms with van der Waals surface area (Å²) in [5.74, 6) is 0. The van der Waals surface area contributed by atoms with E-state index in [1.54, 1.807) is 0 Å². The largest absolute Gasteiger partial charge is 0.361 e. The van der Waals surface area contributed by atoms with Gasteiger partial charge in [-0.25, -0.2) is 0 Å². The Balaban J connectivity index is 2.60. The van der Waals surface area contributed by atoms with Crippen LogP contribution >= 0.6 is 0 Å². The number of para-hydroxylation sites is 1. The number of nitrogens with one attached hydrogen (secondary N) is 1. The van der Waals surface area contributed by atoms with E-state index < -0.39 is 0 Å². The molecule has 1 atom stereocenters. The fourth-order valence-corrected chi connectivity index (χ4v) is 1.97. The summed E-state index contributed by atoms with van der Waals surface area (Å²) in [4.78, 5) is 3.29. The average Bonchev–Trinajstić information content (AvgIpc) is 2.71. The SMILES string of the molecule is CCc1cccc2c([C@@H](N)CN)c[nH]c12. The molecule has 3 nitrogen and oxygen atoms in total. The highest BCUT2D eigenvalue weighted by Gasteiger charge is 2.11. The zero-order valence-corrected chi connectivity index (χ0v) is 8.96. The Morgan fingerprint density at radius 1 is 1.40 bits per heavy atom. The van der Waals surface area contributed by atoms with Crippen LogP contribution in [-0.4, -0.2) is 11.5 Å². The summed E-state index contributed by atoms with van der Waals surface area (Å²) in [5, 5.41) is 1.20. The van der Waals surface area contributed by atoms with Crippen molar-refractivity contribution in [3.63, 3.8) is 0 Å².